The largest absolute Gasteiger partial charge is 0.330 e. The van der Waals surface area contributed by atoms with Crippen LogP contribution in [0.25, 0.3) is 0 Å². The summed E-state index contributed by atoms with van der Waals surface area (Å²) in [5.41, 5.74) is 10.3. The third-order valence-corrected chi connectivity index (χ3v) is 4.06. The predicted molar refractivity (Wildman–Crippen MR) is 85.7 cm³/mol. The fourth-order valence-corrected chi connectivity index (χ4v) is 2.74. The van der Waals surface area contributed by atoms with Crippen LogP contribution in [0.15, 0.2) is 18.2 Å². The van der Waals surface area contributed by atoms with Gasteiger partial charge in [0.15, 0.2) is 0 Å². The summed E-state index contributed by atoms with van der Waals surface area (Å²) in [6.45, 7) is 14.5. The second-order valence-electron chi connectivity index (χ2n) is 7.10. The Kier molecular flexibility index (Phi) is 5.61. The van der Waals surface area contributed by atoms with Crippen LogP contribution in [0, 0.1) is 12.8 Å². The van der Waals surface area contributed by atoms with Gasteiger partial charge in [-0.25, -0.2) is 0 Å². The third kappa shape index (κ3) is 4.35. The molecule has 0 aliphatic rings. The van der Waals surface area contributed by atoms with Gasteiger partial charge in [-0.3, -0.25) is 0 Å². The molecule has 1 heteroatoms. The monoisotopic (exact) mass is 261 g/mol. The van der Waals surface area contributed by atoms with E-state index in [1.807, 2.05) is 0 Å². The van der Waals surface area contributed by atoms with Gasteiger partial charge < -0.3 is 5.73 Å². The van der Waals surface area contributed by atoms with E-state index in [1.165, 1.54) is 23.1 Å². The summed E-state index contributed by atoms with van der Waals surface area (Å²) in [6, 6.07) is 7.02. The molecular formula is C18H31N. The van der Waals surface area contributed by atoms with Gasteiger partial charge in [0.2, 0.25) is 0 Å². The first-order valence-electron chi connectivity index (χ1n) is 7.58. The van der Waals surface area contributed by atoms with Gasteiger partial charge in [-0.1, -0.05) is 52.8 Å². The molecule has 108 valence electrons. The van der Waals surface area contributed by atoms with Crippen LogP contribution in [0.3, 0.4) is 0 Å². The van der Waals surface area contributed by atoms with Crippen molar-refractivity contribution in [3.63, 3.8) is 0 Å². The molecule has 19 heavy (non-hydrogen) atoms. The number of nitrogens with two attached hydrogens (primary N) is 1. The maximum absolute atomic E-state index is 5.67. The Balaban J connectivity index is 3.05. The van der Waals surface area contributed by atoms with E-state index in [0.29, 0.717) is 11.8 Å². The summed E-state index contributed by atoms with van der Waals surface area (Å²) in [6.07, 6.45) is 2.31. The second kappa shape index (κ2) is 6.56. The van der Waals surface area contributed by atoms with Gasteiger partial charge in [-0.05, 0) is 60.3 Å². The minimum atomic E-state index is 0.230. The van der Waals surface area contributed by atoms with Crippen LogP contribution in [0.5, 0.6) is 0 Å². The van der Waals surface area contributed by atoms with E-state index >= 15 is 0 Å². The Morgan fingerprint density at radius 1 is 1.16 bits per heavy atom. The third-order valence-electron chi connectivity index (χ3n) is 4.06. The molecule has 0 saturated heterocycles. The molecule has 0 amide bonds. The van der Waals surface area contributed by atoms with E-state index in [4.69, 9.17) is 5.73 Å². The highest BCUT2D eigenvalue weighted by Gasteiger charge is 2.20. The van der Waals surface area contributed by atoms with Crippen molar-refractivity contribution in [1.82, 2.24) is 0 Å². The molecule has 1 rings (SSSR count). The molecule has 1 atom stereocenters. The number of aryl methyl sites for hydroxylation is 1. The van der Waals surface area contributed by atoms with Gasteiger partial charge in [-0.15, -0.1) is 0 Å². The fourth-order valence-electron chi connectivity index (χ4n) is 2.74. The lowest BCUT2D eigenvalue weighted by Gasteiger charge is -2.26. The quantitative estimate of drug-likeness (QED) is 0.811. The molecule has 0 aliphatic carbocycles. The van der Waals surface area contributed by atoms with Crippen molar-refractivity contribution in [2.75, 3.05) is 6.54 Å². The molecule has 0 aromatic heterocycles. The number of hydrogen-bond donors (Lipinski definition) is 1. The average molecular weight is 261 g/mol. The van der Waals surface area contributed by atoms with Crippen molar-refractivity contribution in [1.29, 1.82) is 0 Å². The Morgan fingerprint density at radius 2 is 1.79 bits per heavy atom. The van der Waals surface area contributed by atoms with Gasteiger partial charge >= 0.3 is 0 Å². The van der Waals surface area contributed by atoms with E-state index in [0.717, 1.165) is 13.0 Å². The van der Waals surface area contributed by atoms with Crippen LogP contribution < -0.4 is 5.73 Å². The van der Waals surface area contributed by atoms with Crippen molar-refractivity contribution < 1.29 is 0 Å². The highest BCUT2D eigenvalue weighted by Crippen LogP contribution is 2.33. The van der Waals surface area contributed by atoms with Gasteiger partial charge in [0, 0.05) is 0 Å². The molecule has 1 nitrogen and oxygen atoms in total. The normalized spacial score (nSPS) is 13.9. The van der Waals surface area contributed by atoms with Crippen LogP contribution in [0.1, 0.15) is 70.1 Å². The lowest BCUT2D eigenvalue weighted by atomic mass is 9.79. The van der Waals surface area contributed by atoms with Crippen molar-refractivity contribution in [3.8, 4) is 0 Å². The Labute approximate surface area is 119 Å². The van der Waals surface area contributed by atoms with E-state index in [9.17, 15) is 0 Å². The summed E-state index contributed by atoms with van der Waals surface area (Å²) in [7, 11) is 0. The molecule has 0 radical (unpaired) electrons. The summed E-state index contributed by atoms with van der Waals surface area (Å²) < 4.78 is 0. The second-order valence-corrected chi connectivity index (χ2v) is 7.10. The molecule has 2 N–H and O–H groups in total. The summed E-state index contributed by atoms with van der Waals surface area (Å²) in [5, 5.41) is 0. The number of benzene rings is 1. The first kappa shape index (κ1) is 16.2. The summed E-state index contributed by atoms with van der Waals surface area (Å²) >= 11 is 0. The average Bonchev–Trinajstić information content (AvgIpc) is 2.29. The number of rotatable bonds is 5. The lowest BCUT2D eigenvalue weighted by molar-refractivity contribution is 0.456. The van der Waals surface area contributed by atoms with Gasteiger partial charge in [0.1, 0.15) is 0 Å². The lowest BCUT2D eigenvalue weighted by Crippen LogP contribution is -2.14. The fraction of sp³-hybridized carbons (Fsp3) is 0.667. The van der Waals surface area contributed by atoms with E-state index in [1.54, 1.807) is 0 Å². The molecule has 0 saturated carbocycles. The maximum atomic E-state index is 5.67. The molecule has 0 spiro atoms. The Bertz CT molecular complexity index is 399. The first-order valence-corrected chi connectivity index (χ1v) is 7.58. The standard InChI is InChI=1S/C18H31N/c1-13(2)16(8-7-11-19)17-10-9-15(12-14(17)3)18(4,5)6/h9-10,12-13,16H,7-8,11,19H2,1-6H3. The molecule has 0 fully saturated rings. The zero-order chi connectivity index (χ0) is 14.6. The zero-order valence-corrected chi connectivity index (χ0v) is 13.6. The molecule has 1 unspecified atom stereocenters. The van der Waals surface area contributed by atoms with Crippen molar-refractivity contribution >= 4 is 0 Å². The van der Waals surface area contributed by atoms with Crippen LogP contribution in [-0.4, -0.2) is 6.54 Å². The van der Waals surface area contributed by atoms with E-state index < -0.39 is 0 Å². The van der Waals surface area contributed by atoms with Crippen molar-refractivity contribution in [3.05, 3.63) is 34.9 Å². The molecule has 1 aromatic rings. The molecular weight excluding hydrogens is 230 g/mol. The van der Waals surface area contributed by atoms with Crippen molar-refractivity contribution in [2.24, 2.45) is 11.7 Å². The maximum Gasteiger partial charge on any atom is -0.00771 e. The topological polar surface area (TPSA) is 26.0 Å². The van der Waals surface area contributed by atoms with Crippen molar-refractivity contribution in [2.45, 2.75) is 65.7 Å². The van der Waals surface area contributed by atoms with Gasteiger partial charge in [0.25, 0.3) is 0 Å². The number of hydrogen-bond acceptors (Lipinski definition) is 1. The van der Waals surface area contributed by atoms with Crippen LogP contribution >= 0.6 is 0 Å². The zero-order valence-electron chi connectivity index (χ0n) is 13.6. The van der Waals surface area contributed by atoms with Crippen LogP contribution in [0.2, 0.25) is 0 Å². The first-order chi connectivity index (χ1) is 8.77. The van der Waals surface area contributed by atoms with Crippen LogP contribution in [0.4, 0.5) is 0 Å². The Hall–Kier alpha value is -0.820. The van der Waals surface area contributed by atoms with Crippen LogP contribution in [-0.2, 0) is 5.41 Å². The predicted octanol–water partition coefficient (Wildman–Crippen LogP) is 4.77. The smallest absolute Gasteiger partial charge is 0.00771 e. The Morgan fingerprint density at radius 3 is 2.21 bits per heavy atom. The van der Waals surface area contributed by atoms with E-state index in [2.05, 4.69) is 59.7 Å². The SMILES string of the molecule is Cc1cc(C(C)(C)C)ccc1C(CCCN)C(C)C. The minimum Gasteiger partial charge on any atom is -0.330 e. The highest BCUT2D eigenvalue weighted by atomic mass is 14.5. The summed E-state index contributed by atoms with van der Waals surface area (Å²) in [4.78, 5) is 0. The summed E-state index contributed by atoms with van der Waals surface area (Å²) in [5.74, 6) is 1.31. The molecule has 0 heterocycles. The minimum absolute atomic E-state index is 0.230. The van der Waals surface area contributed by atoms with E-state index in [-0.39, 0.29) is 5.41 Å². The van der Waals surface area contributed by atoms with Gasteiger partial charge in [-0.2, -0.15) is 0 Å². The molecule has 1 aromatic carbocycles. The highest BCUT2D eigenvalue weighted by molar-refractivity contribution is 5.36. The van der Waals surface area contributed by atoms with Gasteiger partial charge in [0.05, 0.1) is 0 Å². The molecule has 0 bridgehead atoms. The molecule has 0 aliphatic heterocycles.